The van der Waals surface area contributed by atoms with E-state index < -0.39 is 5.97 Å². The third-order valence-electron chi connectivity index (χ3n) is 2.75. The van der Waals surface area contributed by atoms with Crippen molar-refractivity contribution in [3.8, 4) is 0 Å². The van der Waals surface area contributed by atoms with Gasteiger partial charge in [-0.2, -0.15) is 0 Å². The van der Waals surface area contributed by atoms with Gasteiger partial charge >= 0.3 is 5.97 Å². The molecule has 0 atom stereocenters. The van der Waals surface area contributed by atoms with E-state index >= 15 is 0 Å². The molecular weight excluding hydrogens is 232 g/mol. The maximum absolute atomic E-state index is 11.8. The number of carbonyl (C=O) groups excluding carboxylic acids is 3. The summed E-state index contributed by atoms with van der Waals surface area (Å²) < 4.78 is 4.85. The van der Waals surface area contributed by atoms with Crippen molar-refractivity contribution in [1.82, 2.24) is 0 Å². The van der Waals surface area contributed by atoms with Gasteiger partial charge in [-0.15, -0.1) is 0 Å². The van der Waals surface area contributed by atoms with Gasteiger partial charge in [0.25, 0.3) is 0 Å². The second-order valence-electron chi connectivity index (χ2n) is 4.00. The average Bonchev–Trinajstić information content (AvgIpc) is 2.36. The molecule has 0 amide bonds. The zero-order valence-electron chi connectivity index (χ0n) is 10.1. The van der Waals surface area contributed by atoms with E-state index in [1.54, 1.807) is 13.8 Å². The summed E-state index contributed by atoms with van der Waals surface area (Å²) in [6.07, 6.45) is 1.29. The first-order valence-electron chi connectivity index (χ1n) is 5.63. The summed E-state index contributed by atoms with van der Waals surface area (Å²) in [6.45, 7) is 3.57. The summed E-state index contributed by atoms with van der Waals surface area (Å²) in [6, 6.07) is 4.41. The lowest BCUT2D eigenvalue weighted by atomic mass is 9.89. The fraction of sp³-hybridized carbons (Fsp3) is 0.214. The summed E-state index contributed by atoms with van der Waals surface area (Å²) >= 11 is 0. The Morgan fingerprint density at radius 2 is 1.94 bits per heavy atom. The molecular formula is C14H12O4. The first-order chi connectivity index (χ1) is 8.54. The van der Waals surface area contributed by atoms with E-state index in [1.165, 1.54) is 24.3 Å². The van der Waals surface area contributed by atoms with Gasteiger partial charge in [0.15, 0.2) is 11.6 Å². The van der Waals surface area contributed by atoms with Gasteiger partial charge in [0, 0.05) is 16.7 Å². The summed E-state index contributed by atoms with van der Waals surface area (Å²) in [5.74, 6) is -0.930. The monoisotopic (exact) mass is 244 g/mol. The van der Waals surface area contributed by atoms with E-state index in [0.29, 0.717) is 11.1 Å². The van der Waals surface area contributed by atoms with Crippen LogP contribution in [0.15, 0.2) is 29.8 Å². The number of benzene rings is 1. The number of rotatable bonds is 2. The molecule has 92 valence electrons. The van der Waals surface area contributed by atoms with Gasteiger partial charge in [-0.05, 0) is 38.1 Å². The minimum Gasteiger partial charge on any atom is -0.462 e. The lowest BCUT2D eigenvalue weighted by Gasteiger charge is -2.13. The van der Waals surface area contributed by atoms with Crippen LogP contribution < -0.4 is 0 Å². The Hall–Kier alpha value is -2.23. The molecule has 0 heterocycles. The van der Waals surface area contributed by atoms with Crippen molar-refractivity contribution in [2.24, 2.45) is 0 Å². The number of fused-ring (bicyclic) bond motifs is 1. The standard InChI is InChI=1S/C14H12O4/c1-3-18-14(17)9-4-5-10-11(7-9)12(15)6-8(2)13(10)16/h4-7H,3H2,1-2H3. The van der Waals surface area contributed by atoms with E-state index in [4.69, 9.17) is 4.74 Å². The zero-order valence-corrected chi connectivity index (χ0v) is 10.1. The Morgan fingerprint density at radius 3 is 2.61 bits per heavy atom. The second-order valence-corrected chi connectivity index (χ2v) is 4.00. The highest BCUT2D eigenvalue weighted by Crippen LogP contribution is 2.22. The third-order valence-corrected chi connectivity index (χ3v) is 2.75. The smallest absolute Gasteiger partial charge is 0.338 e. The Balaban J connectivity index is 2.47. The van der Waals surface area contributed by atoms with Crippen LogP contribution in [-0.2, 0) is 4.74 Å². The molecule has 0 N–H and O–H groups in total. The van der Waals surface area contributed by atoms with Crippen molar-refractivity contribution in [2.75, 3.05) is 6.61 Å². The van der Waals surface area contributed by atoms with Crippen LogP contribution in [0.2, 0.25) is 0 Å². The molecule has 1 aromatic carbocycles. The van der Waals surface area contributed by atoms with Crippen molar-refractivity contribution in [1.29, 1.82) is 0 Å². The van der Waals surface area contributed by atoms with Gasteiger partial charge in [0.2, 0.25) is 0 Å². The van der Waals surface area contributed by atoms with Crippen LogP contribution in [-0.4, -0.2) is 24.1 Å². The van der Waals surface area contributed by atoms with Crippen LogP contribution in [0, 0.1) is 0 Å². The Kier molecular flexibility index (Phi) is 3.10. The average molecular weight is 244 g/mol. The third kappa shape index (κ3) is 1.97. The van der Waals surface area contributed by atoms with Crippen LogP contribution >= 0.6 is 0 Å². The molecule has 1 aliphatic carbocycles. The Bertz CT molecular complexity index is 581. The van der Waals surface area contributed by atoms with Gasteiger partial charge in [-0.25, -0.2) is 4.79 Å². The number of carbonyl (C=O) groups is 3. The van der Waals surface area contributed by atoms with Gasteiger partial charge in [0.1, 0.15) is 0 Å². The number of Topliss-reactive ketones (excluding diaryl/α,β-unsaturated/α-hetero) is 1. The molecule has 2 rings (SSSR count). The summed E-state index contributed by atoms with van der Waals surface area (Å²) in [4.78, 5) is 35.2. The number of hydrogen-bond acceptors (Lipinski definition) is 4. The van der Waals surface area contributed by atoms with E-state index in [0.717, 1.165) is 0 Å². The van der Waals surface area contributed by atoms with E-state index in [-0.39, 0.29) is 29.3 Å². The summed E-state index contributed by atoms with van der Waals surface area (Å²) in [5, 5.41) is 0. The van der Waals surface area contributed by atoms with Crippen LogP contribution in [0.4, 0.5) is 0 Å². The quantitative estimate of drug-likeness (QED) is 0.748. The Labute approximate surface area is 104 Å². The predicted molar refractivity (Wildman–Crippen MR) is 64.8 cm³/mol. The molecule has 0 spiro atoms. The second kappa shape index (κ2) is 4.56. The molecule has 4 heteroatoms. The maximum atomic E-state index is 11.8. The van der Waals surface area contributed by atoms with Crippen molar-refractivity contribution in [3.05, 3.63) is 46.5 Å². The highest BCUT2D eigenvalue weighted by atomic mass is 16.5. The molecule has 0 saturated heterocycles. The lowest BCUT2D eigenvalue weighted by molar-refractivity contribution is 0.0526. The molecule has 0 saturated carbocycles. The fourth-order valence-corrected chi connectivity index (χ4v) is 1.84. The van der Waals surface area contributed by atoms with Crippen LogP contribution in [0.1, 0.15) is 44.9 Å². The van der Waals surface area contributed by atoms with E-state index in [9.17, 15) is 14.4 Å². The summed E-state index contributed by atoms with van der Waals surface area (Å²) in [7, 11) is 0. The van der Waals surface area contributed by atoms with Crippen LogP contribution in [0.3, 0.4) is 0 Å². The van der Waals surface area contributed by atoms with Crippen molar-refractivity contribution < 1.29 is 19.1 Å². The highest BCUT2D eigenvalue weighted by Gasteiger charge is 2.24. The minimum absolute atomic E-state index is 0.181. The van der Waals surface area contributed by atoms with Gasteiger partial charge in [-0.1, -0.05) is 0 Å². The largest absolute Gasteiger partial charge is 0.462 e. The van der Waals surface area contributed by atoms with E-state index in [2.05, 4.69) is 0 Å². The fourth-order valence-electron chi connectivity index (χ4n) is 1.84. The number of hydrogen-bond donors (Lipinski definition) is 0. The molecule has 0 aromatic heterocycles. The first-order valence-corrected chi connectivity index (χ1v) is 5.63. The van der Waals surface area contributed by atoms with Gasteiger partial charge < -0.3 is 4.74 Å². The maximum Gasteiger partial charge on any atom is 0.338 e. The van der Waals surface area contributed by atoms with Gasteiger partial charge in [-0.3, -0.25) is 9.59 Å². The molecule has 1 aromatic rings. The van der Waals surface area contributed by atoms with E-state index in [1.807, 2.05) is 0 Å². The minimum atomic E-state index is -0.494. The van der Waals surface area contributed by atoms with Crippen molar-refractivity contribution >= 4 is 17.5 Å². The number of esters is 1. The molecule has 0 bridgehead atoms. The highest BCUT2D eigenvalue weighted by molar-refractivity contribution is 6.24. The molecule has 0 radical (unpaired) electrons. The lowest BCUT2D eigenvalue weighted by Crippen LogP contribution is -2.17. The normalized spacial score (nSPS) is 14.0. The molecule has 0 fully saturated rings. The molecule has 0 unspecified atom stereocenters. The molecule has 1 aliphatic rings. The Morgan fingerprint density at radius 1 is 1.22 bits per heavy atom. The SMILES string of the molecule is CCOC(=O)c1ccc2c(c1)C(=O)C=C(C)C2=O. The molecule has 4 nitrogen and oxygen atoms in total. The van der Waals surface area contributed by atoms with Crippen molar-refractivity contribution in [2.45, 2.75) is 13.8 Å². The first kappa shape index (κ1) is 12.2. The predicted octanol–water partition coefficient (Wildman–Crippen LogP) is 2.19. The van der Waals surface area contributed by atoms with Crippen LogP contribution in [0.5, 0.6) is 0 Å². The zero-order chi connectivity index (χ0) is 13.3. The number of ketones is 2. The number of allylic oxidation sites excluding steroid dienone is 2. The molecule has 18 heavy (non-hydrogen) atoms. The van der Waals surface area contributed by atoms with Gasteiger partial charge in [0.05, 0.1) is 12.2 Å². The van der Waals surface area contributed by atoms with Crippen molar-refractivity contribution in [3.63, 3.8) is 0 Å². The molecule has 0 aliphatic heterocycles. The summed E-state index contributed by atoms with van der Waals surface area (Å²) in [5.41, 5.74) is 1.30. The topological polar surface area (TPSA) is 60.4 Å². The number of ether oxygens (including phenoxy) is 1. The van der Waals surface area contributed by atoms with Crippen LogP contribution in [0.25, 0.3) is 0 Å².